The molecule has 5 nitrogen and oxygen atoms in total. The van der Waals surface area contributed by atoms with Gasteiger partial charge >= 0.3 is 0 Å². The van der Waals surface area contributed by atoms with Crippen molar-refractivity contribution in [1.29, 1.82) is 0 Å². The topological polar surface area (TPSA) is 71.5 Å². The van der Waals surface area contributed by atoms with Crippen LogP contribution in [-0.2, 0) is 0 Å². The van der Waals surface area contributed by atoms with Gasteiger partial charge in [0.1, 0.15) is 0 Å². The zero-order valence-corrected chi connectivity index (χ0v) is 11.1. The van der Waals surface area contributed by atoms with Crippen molar-refractivity contribution >= 4 is 42.2 Å². The number of nitrogens with one attached hydrogen (secondary N) is 1. The van der Waals surface area contributed by atoms with E-state index in [1.165, 1.54) is 22.7 Å². The molecule has 3 heterocycles. The minimum Gasteiger partial charge on any atom is -0.288 e. The molecule has 1 N–H and O–H groups in total. The van der Waals surface area contributed by atoms with Crippen LogP contribution in [0.25, 0.3) is 30.2 Å². The maximum absolute atomic E-state index is 12.2. The molecule has 0 aliphatic heterocycles. The van der Waals surface area contributed by atoms with Crippen molar-refractivity contribution in [2.75, 3.05) is 0 Å². The predicted octanol–water partition coefficient (Wildman–Crippen LogP) is 2.66. The van der Waals surface area contributed by atoms with Gasteiger partial charge in [0.15, 0.2) is 5.43 Å². The Labute approximate surface area is 114 Å². The van der Waals surface area contributed by atoms with Crippen molar-refractivity contribution in [1.82, 2.24) is 20.6 Å². The van der Waals surface area contributed by atoms with Gasteiger partial charge < -0.3 is 0 Å². The lowest BCUT2D eigenvalue weighted by atomic mass is 10.2. The fourth-order valence-corrected chi connectivity index (χ4v) is 4.35. The first-order valence-corrected chi connectivity index (χ1v) is 7.15. The third-order valence-corrected chi connectivity index (χ3v) is 5.28. The molecule has 0 atom stereocenters. The maximum Gasteiger partial charge on any atom is 0.214 e. The summed E-state index contributed by atoms with van der Waals surface area (Å²) in [6.45, 7) is 0. The van der Waals surface area contributed by atoms with E-state index in [0.717, 1.165) is 24.4 Å². The predicted molar refractivity (Wildman–Crippen MR) is 76.6 cm³/mol. The molecule has 0 aliphatic rings. The minimum atomic E-state index is 0.00903. The van der Waals surface area contributed by atoms with E-state index < -0.39 is 0 Å². The molecule has 4 aromatic rings. The molecule has 0 radical (unpaired) electrons. The van der Waals surface area contributed by atoms with Crippen LogP contribution in [0.15, 0.2) is 35.1 Å². The average Bonchev–Trinajstić information content (AvgIpc) is 3.06. The number of benzene rings is 1. The van der Waals surface area contributed by atoms with Crippen molar-refractivity contribution < 1.29 is 0 Å². The van der Waals surface area contributed by atoms with Gasteiger partial charge in [0.05, 0.1) is 14.3 Å². The highest BCUT2D eigenvalue weighted by atomic mass is 32.1. The number of hydrogen-bond donors (Lipinski definition) is 1. The zero-order chi connectivity index (χ0) is 12.8. The highest BCUT2D eigenvalue weighted by molar-refractivity contribution is 7.32. The number of fused-ring (bicyclic) bond motifs is 3. The fraction of sp³-hybridized carbons (Fsp3) is 0. The number of aromatic amines is 1. The summed E-state index contributed by atoms with van der Waals surface area (Å²) in [6, 6.07) is 9.59. The molecule has 3 aromatic heterocycles. The quantitative estimate of drug-likeness (QED) is 0.584. The summed E-state index contributed by atoms with van der Waals surface area (Å²) in [7, 11) is 0. The Morgan fingerprint density at radius 1 is 1.11 bits per heavy atom. The molecule has 0 spiro atoms. The van der Waals surface area contributed by atoms with E-state index in [0.29, 0.717) is 5.82 Å². The van der Waals surface area contributed by atoms with Gasteiger partial charge in [0, 0.05) is 16.2 Å². The average molecular weight is 286 g/mol. The smallest absolute Gasteiger partial charge is 0.214 e. The Balaban J connectivity index is 2.15. The molecule has 19 heavy (non-hydrogen) atoms. The molecule has 0 bridgehead atoms. The normalized spacial score (nSPS) is 11.4. The van der Waals surface area contributed by atoms with E-state index in [1.807, 2.05) is 24.3 Å². The number of H-pyrrole nitrogens is 1. The third-order valence-electron chi connectivity index (χ3n) is 2.81. The molecule has 0 saturated heterocycles. The number of rotatable bonds is 1. The molecular formula is C12H6N4OS2. The standard InChI is InChI=1S/C12H6N4OS2/c17-7-5-9(12-13-15-16-14-12)19-10-6-3-1-2-4-8(6)18-11(7)10/h1-5H,(H,13,14,15,16). The van der Waals surface area contributed by atoms with Gasteiger partial charge in [0.2, 0.25) is 5.82 Å². The molecular weight excluding hydrogens is 280 g/mol. The Kier molecular flexibility index (Phi) is 2.23. The van der Waals surface area contributed by atoms with Gasteiger partial charge in [0.25, 0.3) is 0 Å². The minimum absolute atomic E-state index is 0.00903. The van der Waals surface area contributed by atoms with Gasteiger partial charge in [-0.3, -0.25) is 4.79 Å². The lowest BCUT2D eigenvalue weighted by Crippen LogP contribution is -1.96. The highest BCUT2D eigenvalue weighted by Gasteiger charge is 2.12. The Morgan fingerprint density at radius 3 is 2.84 bits per heavy atom. The van der Waals surface area contributed by atoms with Crippen LogP contribution in [0.1, 0.15) is 0 Å². The fourth-order valence-electron chi connectivity index (χ4n) is 1.99. The van der Waals surface area contributed by atoms with Crippen molar-refractivity contribution in [3.05, 3.63) is 40.6 Å². The summed E-state index contributed by atoms with van der Waals surface area (Å²) in [5, 5.41) is 14.9. The van der Waals surface area contributed by atoms with Gasteiger partial charge in [-0.2, -0.15) is 5.21 Å². The summed E-state index contributed by atoms with van der Waals surface area (Å²) in [5.74, 6) is 0.458. The first-order chi connectivity index (χ1) is 9.33. The highest BCUT2D eigenvalue weighted by Crippen LogP contribution is 2.36. The molecule has 92 valence electrons. The zero-order valence-electron chi connectivity index (χ0n) is 9.45. The van der Waals surface area contributed by atoms with Gasteiger partial charge in [-0.15, -0.1) is 32.9 Å². The number of aromatic nitrogens is 4. The van der Waals surface area contributed by atoms with E-state index in [1.54, 1.807) is 6.07 Å². The van der Waals surface area contributed by atoms with Crippen LogP contribution in [0, 0.1) is 0 Å². The van der Waals surface area contributed by atoms with Crippen molar-refractivity contribution in [3.63, 3.8) is 0 Å². The molecule has 0 aliphatic carbocycles. The van der Waals surface area contributed by atoms with Crippen LogP contribution in [0.2, 0.25) is 0 Å². The molecule has 1 aromatic carbocycles. The van der Waals surface area contributed by atoms with E-state index in [9.17, 15) is 4.79 Å². The monoisotopic (exact) mass is 286 g/mol. The number of thiophene rings is 1. The summed E-state index contributed by atoms with van der Waals surface area (Å²) >= 11 is 3.05. The maximum atomic E-state index is 12.2. The molecule has 4 rings (SSSR count). The van der Waals surface area contributed by atoms with E-state index in [2.05, 4.69) is 20.6 Å². The van der Waals surface area contributed by atoms with Crippen molar-refractivity contribution in [3.8, 4) is 10.7 Å². The van der Waals surface area contributed by atoms with Crippen LogP contribution in [0.4, 0.5) is 0 Å². The molecule has 0 saturated carbocycles. The molecule has 7 heteroatoms. The van der Waals surface area contributed by atoms with Gasteiger partial charge in [-0.25, -0.2) is 0 Å². The van der Waals surface area contributed by atoms with E-state index in [4.69, 9.17) is 0 Å². The number of hydrogen-bond acceptors (Lipinski definition) is 6. The van der Waals surface area contributed by atoms with Crippen LogP contribution < -0.4 is 5.43 Å². The first-order valence-electron chi connectivity index (χ1n) is 5.52. The van der Waals surface area contributed by atoms with E-state index >= 15 is 0 Å². The lowest BCUT2D eigenvalue weighted by molar-refractivity contribution is 0.881. The second kappa shape index (κ2) is 3.94. The molecule has 0 unspecified atom stereocenters. The van der Waals surface area contributed by atoms with Crippen LogP contribution in [0.5, 0.6) is 0 Å². The second-order valence-corrected chi connectivity index (χ2v) is 6.07. The summed E-state index contributed by atoms with van der Waals surface area (Å²) in [6.07, 6.45) is 0. The summed E-state index contributed by atoms with van der Waals surface area (Å²) < 4.78 is 2.91. The molecule has 0 amide bonds. The van der Waals surface area contributed by atoms with Crippen molar-refractivity contribution in [2.24, 2.45) is 0 Å². The lowest BCUT2D eigenvalue weighted by Gasteiger charge is -1.94. The summed E-state index contributed by atoms with van der Waals surface area (Å²) in [4.78, 5) is 12.9. The van der Waals surface area contributed by atoms with E-state index in [-0.39, 0.29) is 5.43 Å². The van der Waals surface area contributed by atoms with Gasteiger partial charge in [-0.1, -0.05) is 18.2 Å². The number of nitrogens with zero attached hydrogens (tertiary/aromatic N) is 3. The van der Waals surface area contributed by atoms with Crippen LogP contribution in [0.3, 0.4) is 0 Å². The van der Waals surface area contributed by atoms with Crippen LogP contribution in [-0.4, -0.2) is 20.6 Å². The Morgan fingerprint density at radius 2 is 2.00 bits per heavy atom. The first kappa shape index (κ1) is 10.8. The summed E-state index contributed by atoms with van der Waals surface area (Å²) in [5.41, 5.74) is 0.00903. The Bertz CT molecular complexity index is 939. The SMILES string of the molecule is O=c1cc(-c2nn[nH]n2)sc2c1sc1ccccc12. The second-order valence-electron chi connectivity index (χ2n) is 3.97. The largest absolute Gasteiger partial charge is 0.288 e. The third kappa shape index (κ3) is 1.59. The Hall–Kier alpha value is -2.12. The number of tetrazole rings is 1. The van der Waals surface area contributed by atoms with Gasteiger partial charge in [-0.05, 0) is 11.3 Å². The van der Waals surface area contributed by atoms with Crippen LogP contribution >= 0.6 is 22.7 Å². The molecule has 0 fully saturated rings. The van der Waals surface area contributed by atoms with Crippen molar-refractivity contribution in [2.45, 2.75) is 0 Å².